The van der Waals surface area contributed by atoms with Crippen LogP contribution in [0.4, 0.5) is 11.4 Å². The standard InChI is InChI=1S/C15H14BrN3O/c16-12-1-6-15(11(9-12)10-17)19-7-8-20-14-4-2-13(18)3-5-14/h1-6,9,19H,7-8,18H2. The van der Waals surface area contributed by atoms with Crippen LogP contribution in [-0.4, -0.2) is 13.2 Å². The minimum Gasteiger partial charge on any atom is -0.492 e. The lowest BCUT2D eigenvalue weighted by molar-refractivity contribution is 0.333. The molecule has 0 bridgehead atoms. The van der Waals surface area contributed by atoms with Crippen LogP contribution >= 0.6 is 15.9 Å². The number of nitriles is 1. The molecule has 0 spiro atoms. The molecule has 0 unspecified atom stereocenters. The number of rotatable bonds is 5. The lowest BCUT2D eigenvalue weighted by atomic mass is 10.2. The Bertz CT molecular complexity index is 620. The van der Waals surface area contributed by atoms with Gasteiger partial charge in [0.1, 0.15) is 18.4 Å². The first kappa shape index (κ1) is 14.2. The quantitative estimate of drug-likeness (QED) is 0.650. The second-order valence-electron chi connectivity index (χ2n) is 4.15. The zero-order valence-corrected chi connectivity index (χ0v) is 12.4. The van der Waals surface area contributed by atoms with Crippen molar-refractivity contribution in [3.05, 3.63) is 52.5 Å². The van der Waals surface area contributed by atoms with E-state index in [0.29, 0.717) is 24.4 Å². The number of hydrogen-bond donors (Lipinski definition) is 2. The highest BCUT2D eigenvalue weighted by atomic mass is 79.9. The maximum absolute atomic E-state index is 9.05. The van der Waals surface area contributed by atoms with E-state index in [2.05, 4.69) is 27.3 Å². The minimum atomic E-state index is 0.505. The van der Waals surface area contributed by atoms with Gasteiger partial charge in [0.05, 0.1) is 11.3 Å². The predicted octanol–water partition coefficient (Wildman–Crippen LogP) is 3.39. The molecule has 2 aromatic carbocycles. The molecule has 20 heavy (non-hydrogen) atoms. The van der Waals surface area contributed by atoms with Crippen molar-refractivity contribution < 1.29 is 4.74 Å². The maximum Gasteiger partial charge on any atom is 0.119 e. The van der Waals surface area contributed by atoms with Crippen LogP contribution < -0.4 is 15.8 Å². The van der Waals surface area contributed by atoms with Crippen molar-refractivity contribution in [1.82, 2.24) is 0 Å². The van der Waals surface area contributed by atoms with Gasteiger partial charge in [-0.3, -0.25) is 0 Å². The number of halogens is 1. The van der Waals surface area contributed by atoms with E-state index in [1.165, 1.54) is 0 Å². The summed E-state index contributed by atoms with van der Waals surface area (Å²) in [6.07, 6.45) is 0. The largest absolute Gasteiger partial charge is 0.492 e. The van der Waals surface area contributed by atoms with Gasteiger partial charge in [-0.2, -0.15) is 5.26 Å². The predicted molar refractivity (Wildman–Crippen MR) is 83.7 cm³/mol. The van der Waals surface area contributed by atoms with E-state index in [4.69, 9.17) is 15.7 Å². The summed E-state index contributed by atoms with van der Waals surface area (Å²) in [5.74, 6) is 0.775. The van der Waals surface area contributed by atoms with Gasteiger partial charge in [-0.25, -0.2) is 0 Å². The van der Waals surface area contributed by atoms with Crippen LogP contribution in [0.2, 0.25) is 0 Å². The smallest absolute Gasteiger partial charge is 0.119 e. The van der Waals surface area contributed by atoms with Gasteiger partial charge in [0.25, 0.3) is 0 Å². The molecule has 0 heterocycles. The zero-order chi connectivity index (χ0) is 14.4. The number of nitrogens with two attached hydrogens (primary N) is 1. The Labute approximate surface area is 126 Å². The van der Waals surface area contributed by atoms with E-state index >= 15 is 0 Å². The van der Waals surface area contributed by atoms with Gasteiger partial charge in [-0.1, -0.05) is 15.9 Å². The van der Waals surface area contributed by atoms with E-state index in [-0.39, 0.29) is 0 Å². The summed E-state index contributed by atoms with van der Waals surface area (Å²) in [6.45, 7) is 1.12. The van der Waals surface area contributed by atoms with Crippen molar-refractivity contribution in [1.29, 1.82) is 5.26 Å². The van der Waals surface area contributed by atoms with Crippen molar-refractivity contribution in [3.63, 3.8) is 0 Å². The molecule has 0 aromatic heterocycles. The molecular formula is C15H14BrN3O. The fourth-order valence-corrected chi connectivity index (χ4v) is 2.04. The van der Waals surface area contributed by atoms with Gasteiger partial charge < -0.3 is 15.8 Å². The molecule has 0 saturated carbocycles. The Morgan fingerprint density at radius 2 is 1.95 bits per heavy atom. The first-order chi connectivity index (χ1) is 9.69. The van der Waals surface area contributed by atoms with Gasteiger partial charge in [0, 0.05) is 16.7 Å². The van der Waals surface area contributed by atoms with Gasteiger partial charge >= 0.3 is 0 Å². The van der Waals surface area contributed by atoms with E-state index in [0.717, 1.165) is 15.9 Å². The van der Waals surface area contributed by atoms with E-state index < -0.39 is 0 Å². The van der Waals surface area contributed by atoms with E-state index in [1.54, 1.807) is 18.2 Å². The average Bonchev–Trinajstić information content (AvgIpc) is 2.46. The second kappa shape index (κ2) is 6.83. The summed E-state index contributed by atoms with van der Waals surface area (Å²) in [5, 5.41) is 12.2. The third-order valence-electron chi connectivity index (χ3n) is 2.67. The zero-order valence-electron chi connectivity index (χ0n) is 10.8. The molecule has 2 rings (SSSR count). The van der Waals surface area contributed by atoms with Crippen molar-refractivity contribution >= 4 is 27.3 Å². The number of anilines is 2. The Morgan fingerprint density at radius 1 is 1.20 bits per heavy atom. The summed E-state index contributed by atoms with van der Waals surface area (Å²) < 4.78 is 6.46. The summed E-state index contributed by atoms with van der Waals surface area (Å²) >= 11 is 3.34. The van der Waals surface area contributed by atoms with Crippen LogP contribution in [0, 0.1) is 11.3 Å². The highest BCUT2D eigenvalue weighted by Gasteiger charge is 2.02. The molecule has 0 saturated heterocycles. The van der Waals surface area contributed by atoms with Crippen molar-refractivity contribution in [3.8, 4) is 11.8 Å². The number of nitrogen functional groups attached to an aromatic ring is 1. The average molecular weight is 332 g/mol. The minimum absolute atomic E-state index is 0.505. The van der Waals surface area contributed by atoms with Gasteiger partial charge in [0.15, 0.2) is 0 Å². The van der Waals surface area contributed by atoms with E-state index in [9.17, 15) is 0 Å². The molecule has 0 aliphatic heterocycles. The molecule has 0 radical (unpaired) electrons. The van der Waals surface area contributed by atoms with Crippen LogP contribution in [0.1, 0.15) is 5.56 Å². The van der Waals surface area contributed by atoms with Gasteiger partial charge in [0.2, 0.25) is 0 Å². The summed E-state index contributed by atoms with van der Waals surface area (Å²) in [7, 11) is 0. The summed E-state index contributed by atoms with van der Waals surface area (Å²) in [6, 6.07) is 14.9. The molecule has 3 N–H and O–H groups in total. The maximum atomic E-state index is 9.05. The third-order valence-corrected chi connectivity index (χ3v) is 3.16. The fraction of sp³-hybridized carbons (Fsp3) is 0.133. The van der Waals surface area contributed by atoms with Crippen LogP contribution in [0.5, 0.6) is 5.75 Å². The Hall–Kier alpha value is -2.19. The lowest BCUT2D eigenvalue weighted by Gasteiger charge is -2.10. The third kappa shape index (κ3) is 3.90. The van der Waals surface area contributed by atoms with Gasteiger partial charge in [-0.15, -0.1) is 0 Å². The molecule has 0 amide bonds. The van der Waals surface area contributed by atoms with Crippen LogP contribution in [0.25, 0.3) is 0 Å². The lowest BCUT2D eigenvalue weighted by Crippen LogP contribution is -2.12. The molecule has 2 aromatic rings. The monoisotopic (exact) mass is 331 g/mol. The second-order valence-corrected chi connectivity index (χ2v) is 5.06. The number of ether oxygens (including phenoxy) is 1. The van der Waals surface area contributed by atoms with Crippen LogP contribution in [-0.2, 0) is 0 Å². The van der Waals surface area contributed by atoms with Crippen molar-refractivity contribution in [2.24, 2.45) is 0 Å². The van der Waals surface area contributed by atoms with Crippen molar-refractivity contribution in [2.45, 2.75) is 0 Å². The molecule has 5 heteroatoms. The summed E-state index contributed by atoms with van der Waals surface area (Å²) in [4.78, 5) is 0. The molecule has 102 valence electrons. The number of benzene rings is 2. The first-order valence-electron chi connectivity index (χ1n) is 6.11. The normalized spacial score (nSPS) is 9.80. The highest BCUT2D eigenvalue weighted by molar-refractivity contribution is 9.10. The molecule has 0 atom stereocenters. The SMILES string of the molecule is N#Cc1cc(Br)ccc1NCCOc1ccc(N)cc1. The number of hydrogen-bond acceptors (Lipinski definition) is 4. The fourth-order valence-electron chi connectivity index (χ4n) is 1.68. The molecular weight excluding hydrogens is 318 g/mol. The highest BCUT2D eigenvalue weighted by Crippen LogP contribution is 2.20. The van der Waals surface area contributed by atoms with E-state index in [1.807, 2.05) is 24.3 Å². The molecule has 0 aliphatic rings. The number of nitrogens with zero attached hydrogens (tertiary/aromatic N) is 1. The molecule has 4 nitrogen and oxygen atoms in total. The first-order valence-corrected chi connectivity index (χ1v) is 6.90. The molecule has 0 aliphatic carbocycles. The van der Waals surface area contributed by atoms with Crippen molar-refractivity contribution in [2.75, 3.05) is 24.2 Å². The van der Waals surface area contributed by atoms with Crippen LogP contribution in [0.15, 0.2) is 46.9 Å². The summed E-state index contributed by atoms with van der Waals surface area (Å²) in [5.41, 5.74) is 7.72. The van der Waals surface area contributed by atoms with Gasteiger partial charge in [-0.05, 0) is 42.5 Å². The Morgan fingerprint density at radius 3 is 2.65 bits per heavy atom. The molecule has 0 fully saturated rings. The number of nitrogens with one attached hydrogen (secondary N) is 1. The Balaban J connectivity index is 1.84. The van der Waals surface area contributed by atoms with Crippen LogP contribution in [0.3, 0.4) is 0 Å². The Kier molecular flexibility index (Phi) is 4.85. The topological polar surface area (TPSA) is 71.1 Å².